The third-order valence-corrected chi connectivity index (χ3v) is 10.5. The standard InChI is InChI=1S/C35H63N3O11/c1-19-16-34(7,43)30(49-33-28(41)25(37(9)10)15-20(2)45-33)21(3)29(22(4)32(42)36-14-13-26(40)38(11)18-19)48-27-17-35(8,44-12)31(23(5)46-27)47-24(6)39/h19-23,25,27-31,33,41,43H,13-18H2,1-12H3,(H,36,42)/t19-,20-,21+,22-,23+,25+,27+,28-,29+,30-,31+,33+,34-,35-/m1/s1. The Kier molecular flexibility index (Phi) is 14.5. The Bertz CT molecular complexity index is 1120. The summed E-state index contributed by atoms with van der Waals surface area (Å²) < 4.78 is 37.2. The van der Waals surface area contributed by atoms with Crippen LogP contribution in [0.25, 0.3) is 0 Å². The molecule has 49 heavy (non-hydrogen) atoms. The van der Waals surface area contributed by atoms with Gasteiger partial charge in [-0.25, -0.2) is 0 Å². The number of nitrogens with one attached hydrogen (secondary N) is 1. The second-order valence-corrected chi connectivity index (χ2v) is 15.4. The molecule has 14 nitrogen and oxygen atoms in total. The summed E-state index contributed by atoms with van der Waals surface area (Å²) >= 11 is 0. The van der Waals surface area contributed by atoms with E-state index in [0.29, 0.717) is 13.0 Å². The number of ether oxygens (including phenoxy) is 6. The van der Waals surface area contributed by atoms with Crippen molar-refractivity contribution in [1.29, 1.82) is 0 Å². The summed E-state index contributed by atoms with van der Waals surface area (Å²) in [6, 6.07) is -0.253. The minimum atomic E-state index is -1.52. The van der Waals surface area contributed by atoms with E-state index in [1.165, 1.54) is 14.0 Å². The molecule has 3 aliphatic heterocycles. The molecule has 0 unspecified atom stereocenters. The van der Waals surface area contributed by atoms with E-state index in [1.54, 1.807) is 32.7 Å². The largest absolute Gasteiger partial charge is 0.457 e. The van der Waals surface area contributed by atoms with Crippen LogP contribution < -0.4 is 5.32 Å². The molecule has 0 aromatic heterocycles. The SMILES string of the molecule is CO[C@]1(C)C[C@H](O[C@H]2[C@H](C)[C@@H](O[C@@H]3O[C@H](C)C[C@H](N(C)C)[C@H]3O)[C@](C)(O)C[C@@H](C)CN(C)C(=O)CCNC(=O)[C@@H]2C)O[C@@H](C)[C@@H]1OC(C)=O. The molecule has 0 aliphatic carbocycles. The van der Waals surface area contributed by atoms with Crippen LogP contribution in [-0.4, -0.2) is 146 Å². The lowest BCUT2D eigenvalue weighted by molar-refractivity contribution is -0.318. The zero-order valence-electron chi connectivity index (χ0n) is 31.6. The van der Waals surface area contributed by atoms with E-state index < -0.39 is 72.1 Å². The van der Waals surface area contributed by atoms with E-state index in [4.69, 9.17) is 28.4 Å². The third kappa shape index (κ3) is 10.3. The highest BCUT2D eigenvalue weighted by Gasteiger charge is 2.52. The Labute approximate surface area is 292 Å². The monoisotopic (exact) mass is 701 g/mol. The highest BCUT2D eigenvalue weighted by atomic mass is 16.7. The van der Waals surface area contributed by atoms with Gasteiger partial charge in [-0.3, -0.25) is 14.4 Å². The lowest BCUT2D eigenvalue weighted by atomic mass is 9.77. The Balaban J connectivity index is 2.06. The zero-order chi connectivity index (χ0) is 37.0. The summed E-state index contributed by atoms with van der Waals surface area (Å²) in [6.07, 6.45) is -5.29. The van der Waals surface area contributed by atoms with Crippen LogP contribution in [0, 0.1) is 17.8 Å². The van der Waals surface area contributed by atoms with E-state index in [0.717, 1.165) is 0 Å². The molecule has 3 aliphatic rings. The smallest absolute Gasteiger partial charge is 0.303 e. The molecule has 0 aromatic rings. The first-order chi connectivity index (χ1) is 22.7. The average Bonchev–Trinajstić information content (AvgIpc) is 2.99. The molecule has 3 heterocycles. The van der Waals surface area contributed by atoms with Crippen molar-refractivity contribution in [2.45, 2.75) is 148 Å². The molecule has 3 saturated heterocycles. The second-order valence-electron chi connectivity index (χ2n) is 15.4. The molecule has 3 N–H and O–H groups in total. The van der Waals surface area contributed by atoms with Crippen molar-refractivity contribution in [3.63, 3.8) is 0 Å². The number of amides is 2. The number of hydrogen-bond donors (Lipinski definition) is 3. The van der Waals surface area contributed by atoms with Gasteiger partial charge in [0.2, 0.25) is 11.8 Å². The van der Waals surface area contributed by atoms with Crippen molar-refractivity contribution < 1.29 is 53.0 Å². The number of aliphatic hydroxyl groups excluding tert-OH is 1. The highest BCUT2D eigenvalue weighted by molar-refractivity contribution is 5.80. The summed E-state index contributed by atoms with van der Waals surface area (Å²) in [5.41, 5.74) is -2.49. The Morgan fingerprint density at radius 1 is 1.04 bits per heavy atom. The van der Waals surface area contributed by atoms with Gasteiger partial charge >= 0.3 is 5.97 Å². The number of nitrogens with zero attached hydrogens (tertiary/aromatic N) is 2. The molecule has 0 radical (unpaired) electrons. The van der Waals surface area contributed by atoms with Gasteiger partial charge in [-0.15, -0.1) is 0 Å². The fourth-order valence-corrected chi connectivity index (χ4v) is 7.91. The lowest BCUT2D eigenvalue weighted by Gasteiger charge is -2.49. The van der Waals surface area contributed by atoms with Crippen LogP contribution >= 0.6 is 0 Å². The van der Waals surface area contributed by atoms with E-state index in [1.807, 2.05) is 46.7 Å². The van der Waals surface area contributed by atoms with Gasteiger partial charge in [0.25, 0.3) is 0 Å². The topological polar surface area (TPSA) is 166 Å². The first kappa shape index (κ1) is 41.5. The number of esters is 1. The summed E-state index contributed by atoms with van der Waals surface area (Å²) in [6.45, 7) is 14.6. The van der Waals surface area contributed by atoms with Gasteiger partial charge < -0.3 is 53.8 Å². The molecule has 0 bridgehead atoms. The fourth-order valence-electron chi connectivity index (χ4n) is 7.91. The van der Waals surface area contributed by atoms with Gasteiger partial charge in [0.05, 0.1) is 35.9 Å². The van der Waals surface area contributed by atoms with Crippen molar-refractivity contribution in [3.8, 4) is 0 Å². The number of likely N-dealkylation sites (N-methyl/N-ethyl adjacent to an activating group) is 1. The Morgan fingerprint density at radius 2 is 1.69 bits per heavy atom. The maximum atomic E-state index is 13.7. The molecule has 3 rings (SSSR count). The molecular formula is C35H63N3O11. The van der Waals surface area contributed by atoms with Crippen LogP contribution in [-0.2, 0) is 42.8 Å². The van der Waals surface area contributed by atoms with Crippen LogP contribution in [0.5, 0.6) is 0 Å². The van der Waals surface area contributed by atoms with E-state index in [9.17, 15) is 24.6 Å². The molecule has 0 spiro atoms. The van der Waals surface area contributed by atoms with Gasteiger partial charge in [0.15, 0.2) is 18.7 Å². The van der Waals surface area contributed by atoms with Gasteiger partial charge in [0.1, 0.15) is 11.7 Å². The number of methoxy groups -OCH3 is 1. The molecule has 0 saturated carbocycles. The van der Waals surface area contributed by atoms with Crippen LogP contribution in [0.3, 0.4) is 0 Å². The minimum absolute atomic E-state index is 0.125. The van der Waals surface area contributed by atoms with Crippen LogP contribution in [0.4, 0.5) is 0 Å². The van der Waals surface area contributed by atoms with Crippen molar-refractivity contribution in [1.82, 2.24) is 15.1 Å². The second kappa shape index (κ2) is 17.1. The molecule has 3 fully saturated rings. The third-order valence-electron chi connectivity index (χ3n) is 10.5. The molecule has 14 atom stereocenters. The molecule has 14 heteroatoms. The predicted octanol–water partition coefficient (Wildman–Crippen LogP) is 1.68. The van der Waals surface area contributed by atoms with Crippen LogP contribution in [0.2, 0.25) is 0 Å². The number of carbonyl (C=O) groups excluding carboxylic acids is 3. The molecule has 284 valence electrons. The van der Waals surface area contributed by atoms with Gasteiger partial charge in [-0.2, -0.15) is 0 Å². The maximum Gasteiger partial charge on any atom is 0.303 e. The van der Waals surface area contributed by atoms with E-state index >= 15 is 0 Å². The quantitative estimate of drug-likeness (QED) is 0.330. The first-order valence-corrected chi connectivity index (χ1v) is 17.6. The van der Waals surface area contributed by atoms with Crippen molar-refractivity contribution in [2.75, 3.05) is 41.3 Å². The number of carbonyl (C=O) groups is 3. The van der Waals surface area contributed by atoms with Crippen molar-refractivity contribution in [3.05, 3.63) is 0 Å². The van der Waals surface area contributed by atoms with Gasteiger partial charge in [0, 0.05) is 59.0 Å². The first-order valence-electron chi connectivity index (χ1n) is 17.6. The zero-order valence-corrected chi connectivity index (χ0v) is 31.6. The van der Waals surface area contributed by atoms with E-state index in [-0.39, 0.29) is 55.7 Å². The summed E-state index contributed by atoms with van der Waals surface area (Å²) in [5, 5.41) is 26.6. The lowest BCUT2D eigenvalue weighted by Crippen LogP contribution is -2.61. The minimum Gasteiger partial charge on any atom is -0.457 e. The number of rotatable bonds is 7. The molecular weight excluding hydrogens is 638 g/mol. The fraction of sp³-hybridized carbons (Fsp3) is 0.914. The van der Waals surface area contributed by atoms with Crippen molar-refractivity contribution >= 4 is 17.8 Å². The number of aliphatic hydroxyl groups is 2. The van der Waals surface area contributed by atoms with Gasteiger partial charge in [-0.1, -0.05) is 20.8 Å². The Hall–Kier alpha value is -1.91. The maximum absolute atomic E-state index is 13.7. The molecule has 0 aromatic carbocycles. The number of hydrogen-bond acceptors (Lipinski definition) is 12. The summed E-state index contributed by atoms with van der Waals surface area (Å²) in [5.74, 6) is -2.52. The van der Waals surface area contributed by atoms with Crippen molar-refractivity contribution in [2.24, 2.45) is 17.8 Å². The normalized spacial score (nSPS) is 43.5. The van der Waals surface area contributed by atoms with Crippen LogP contribution in [0.15, 0.2) is 0 Å². The van der Waals surface area contributed by atoms with E-state index in [2.05, 4.69) is 5.32 Å². The predicted molar refractivity (Wildman–Crippen MR) is 180 cm³/mol. The summed E-state index contributed by atoms with van der Waals surface area (Å²) in [7, 11) is 7.02. The highest BCUT2D eigenvalue weighted by Crippen LogP contribution is 2.40. The summed E-state index contributed by atoms with van der Waals surface area (Å²) in [4.78, 5) is 42.1. The van der Waals surface area contributed by atoms with Crippen LogP contribution in [0.1, 0.15) is 81.1 Å². The van der Waals surface area contributed by atoms with Gasteiger partial charge in [-0.05, 0) is 60.5 Å². The molecule has 2 amide bonds. The Morgan fingerprint density at radius 3 is 2.29 bits per heavy atom. The average molecular weight is 702 g/mol.